The molecule has 0 aromatic heterocycles. The van der Waals surface area contributed by atoms with E-state index in [1.54, 1.807) is 0 Å². The first-order valence-corrected chi connectivity index (χ1v) is 9.89. The molecule has 2 unspecified atom stereocenters. The molecule has 1 N–H and O–H groups in total. The second-order valence-corrected chi connectivity index (χ2v) is 11.0. The predicted molar refractivity (Wildman–Crippen MR) is 79.3 cm³/mol. The zero-order valence-electron chi connectivity index (χ0n) is 10.7. The summed E-state index contributed by atoms with van der Waals surface area (Å²) in [5, 5.41) is 10.8. The third-order valence-electron chi connectivity index (χ3n) is 4.32. The van der Waals surface area contributed by atoms with E-state index >= 15 is 0 Å². The molecule has 102 valence electrons. The molecule has 4 saturated heterocycles. The highest BCUT2D eigenvalue weighted by Gasteiger charge is 2.56. The SMILES string of the molecule is O[C@@H](c1ccccc1)[C@@H]1N2CN3CN(C2)C[P+]1([S-])C3. The van der Waals surface area contributed by atoms with Crippen LogP contribution in [0.3, 0.4) is 0 Å². The average molecular weight is 295 g/mol. The second kappa shape index (κ2) is 4.42. The monoisotopic (exact) mass is 295 g/mol. The van der Waals surface area contributed by atoms with Crippen LogP contribution in [0, 0.1) is 0 Å². The van der Waals surface area contributed by atoms with Crippen LogP contribution >= 0.6 is 6.46 Å². The van der Waals surface area contributed by atoms with Crippen molar-refractivity contribution in [1.82, 2.24) is 14.7 Å². The normalized spacial score (nSPS) is 45.4. The quantitative estimate of drug-likeness (QED) is 0.655. The van der Waals surface area contributed by atoms with Crippen molar-refractivity contribution in [2.24, 2.45) is 0 Å². The van der Waals surface area contributed by atoms with Crippen molar-refractivity contribution in [1.29, 1.82) is 0 Å². The van der Waals surface area contributed by atoms with Crippen LogP contribution in [0.1, 0.15) is 11.7 Å². The van der Waals surface area contributed by atoms with E-state index in [0.717, 1.165) is 38.1 Å². The molecule has 4 nitrogen and oxygen atoms in total. The molecule has 6 heteroatoms. The highest BCUT2D eigenvalue weighted by molar-refractivity contribution is 8.42. The Bertz CT molecular complexity index is 474. The molecule has 1 aromatic rings. The molecule has 5 rings (SSSR count). The van der Waals surface area contributed by atoms with Gasteiger partial charge >= 0.3 is 0 Å². The van der Waals surface area contributed by atoms with Crippen molar-refractivity contribution in [3.05, 3.63) is 35.9 Å². The van der Waals surface area contributed by atoms with Gasteiger partial charge in [-0.25, -0.2) is 14.7 Å². The maximum atomic E-state index is 10.8. The van der Waals surface area contributed by atoms with Crippen LogP contribution in [-0.4, -0.2) is 58.2 Å². The van der Waals surface area contributed by atoms with Gasteiger partial charge in [-0.3, -0.25) is 0 Å². The predicted octanol–water partition coefficient (Wildman–Crippen LogP) is 1.26. The first-order valence-electron chi connectivity index (χ1n) is 6.65. The smallest absolute Gasteiger partial charge is 0.137 e. The lowest BCUT2D eigenvalue weighted by molar-refractivity contribution is -0.0718. The lowest BCUT2D eigenvalue weighted by atomic mass is 10.1. The van der Waals surface area contributed by atoms with Gasteiger partial charge in [-0.2, -0.15) is 0 Å². The number of aliphatic hydroxyl groups excluding tert-OH is 1. The highest BCUT2D eigenvalue weighted by atomic mass is 32.7. The van der Waals surface area contributed by atoms with Gasteiger partial charge in [0.2, 0.25) is 0 Å². The molecular formula is C13H18N3OPS. The van der Waals surface area contributed by atoms with Gasteiger partial charge in [0.15, 0.2) is 0 Å². The Balaban J connectivity index is 1.67. The highest BCUT2D eigenvalue weighted by Crippen LogP contribution is 2.70. The lowest BCUT2D eigenvalue weighted by Gasteiger charge is -2.63. The minimum Gasteiger partial charge on any atom is -0.552 e. The van der Waals surface area contributed by atoms with Gasteiger partial charge in [-0.15, -0.1) is 0 Å². The number of hydrogen-bond acceptors (Lipinski definition) is 5. The fourth-order valence-electron chi connectivity index (χ4n) is 3.74. The van der Waals surface area contributed by atoms with Gasteiger partial charge < -0.3 is 17.4 Å². The Morgan fingerprint density at radius 2 is 1.74 bits per heavy atom. The van der Waals surface area contributed by atoms with Gasteiger partial charge in [0.25, 0.3) is 0 Å². The number of hydrogen-bond donors (Lipinski definition) is 1. The van der Waals surface area contributed by atoms with Gasteiger partial charge in [-0.1, -0.05) is 36.8 Å². The Morgan fingerprint density at radius 1 is 1.11 bits per heavy atom. The van der Waals surface area contributed by atoms with E-state index in [1.165, 1.54) is 0 Å². The van der Waals surface area contributed by atoms with Gasteiger partial charge in [0.1, 0.15) is 11.9 Å². The molecule has 4 heterocycles. The summed E-state index contributed by atoms with van der Waals surface area (Å²) in [5.74, 6) is 0.165. The van der Waals surface area contributed by atoms with Crippen LogP contribution in [0.2, 0.25) is 0 Å². The van der Waals surface area contributed by atoms with Crippen LogP contribution in [0.15, 0.2) is 30.3 Å². The standard InChI is InChI=1S/C13H18N3OPS/c17-12(11-4-2-1-3-5-11)13-16-7-14-6-15(8-16)10-18(13,19)9-14/h1-5,12-13,17H,6-10H2/t12-,13+/m0/s1. The van der Waals surface area contributed by atoms with Crippen LogP contribution in [0.25, 0.3) is 0 Å². The van der Waals surface area contributed by atoms with Gasteiger partial charge in [0.05, 0.1) is 32.6 Å². The summed E-state index contributed by atoms with van der Waals surface area (Å²) < 4.78 is 0. The van der Waals surface area contributed by atoms with Gasteiger partial charge in [-0.05, 0) is 5.56 Å². The van der Waals surface area contributed by atoms with Crippen LogP contribution < -0.4 is 0 Å². The van der Waals surface area contributed by atoms with E-state index < -0.39 is 12.6 Å². The fourth-order valence-corrected chi connectivity index (χ4v) is 9.03. The molecule has 19 heavy (non-hydrogen) atoms. The van der Waals surface area contributed by atoms with E-state index in [-0.39, 0.29) is 5.78 Å². The molecule has 0 amide bonds. The van der Waals surface area contributed by atoms with E-state index in [2.05, 4.69) is 14.7 Å². The first kappa shape index (κ1) is 12.6. The molecular weight excluding hydrogens is 277 g/mol. The number of benzene rings is 1. The van der Waals surface area contributed by atoms with Crippen molar-refractivity contribution in [3.8, 4) is 0 Å². The zero-order valence-corrected chi connectivity index (χ0v) is 12.4. The molecule has 0 radical (unpaired) electrons. The van der Waals surface area contributed by atoms with E-state index in [9.17, 15) is 5.11 Å². The summed E-state index contributed by atoms with van der Waals surface area (Å²) in [4.78, 5) is 7.25. The topological polar surface area (TPSA) is 30.0 Å². The van der Waals surface area contributed by atoms with Crippen molar-refractivity contribution in [2.45, 2.75) is 11.9 Å². The molecule has 4 aliphatic rings. The molecule has 0 spiro atoms. The number of rotatable bonds is 2. The summed E-state index contributed by atoms with van der Waals surface area (Å²) >= 11 is 6.01. The summed E-state index contributed by atoms with van der Waals surface area (Å²) in [6, 6.07) is 10.0. The van der Waals surface area contributed by atoms with Crippen molar-refractivity contribution >= 4 is 18.7 Å². The number of aliphatic hydroxyl groups is 1. The zero-order chi connectivity index (χ0) is 13.0. The van der Waals surface area contributed by atoms with E-state index in [0.29, 0.717) is 0 Å². The Hall–Kier alpha value is -0.160. The third kappa shape index (κ3) is 1.96. The molecule has 1 aromatic carbocycles. The summed E-state index contributed by atoms with van der Waals surface area (Å²) in [7, 11) is 0. The first-order chi connectivity index (χ1) is 9.16. The average Bonchev–Trinajstić information content (AvgIpc) is 2.37. The molecule has 4 bridgehead atoms. The third-order valence-corrected chi connectivity index (χ3v) is 8.99. The van der Waals surface area contributed by atoms with E-state index in [1.807, 2.05) is 30.3 Å². The molecule has 0 saturated carbocycles. The van der Waals surface area contributed by atoms with Crippen molar-refractivity contribution in [2.75, 3.05) is 32.6 Å². The van der Waals surface area contributed by atoms with Crippen molar-refractivity contribution < 1.29 is 5.11 Å². The molecule has 0 aliphatic carbocycles. The van der Waals surface area contributed by atoms with E-state index in [4.69, 9.17) is 12.2 Å². The van der Waals surface area contributed by atoms with Crippen LogP contribution in [-0.2, 0) is 12.2 Å². The maximum absolute atomic E-state index is 10.8. The minimum absolute atomic E-state index is 0.165. The van der Waals surface area contributed by atoms with Crippen LogP contribution in [0.5, 0.6) is 0 Å². The van der Waals surface area contributed by atoms with Gasteiger partial charge in [0, 0.05) is 0 Å². The second-order valence-electron chi connectivity index (χ2n) is 5.86. The fraction of sp³-hybridized carbons (Fsp3) is 0.538. The Morgan fingerprint density at radius 3 is 2.32 bits per heavy atom. The summed E-state index contributed by atoms with van der Waals surface area (Å²) in [6.45, 7) is 1.44. The summed E-state index contributed by atoms with van der Waals surface area (Å²) in [5.41, 5.74) is 1.01. The molecule has 4 atom stereocenters. The minimum atomic E-state index is -1.54. The lowest BCUT2D eigenvalue weighted by Crippen LogP contribution is -2.68. The summed E-state index contributed by atoms with van der Waals surface area (Å²) in [6.07, 6.45) is 1.63. The van der Waals surface area contributed by atoms with Crippen molar-refractivity contribution in [3.63, 3.8) is 0 Å². The number of nitrogens with zero attached hydrogens (tertiary/aromatic N) is 3. The maximum Gasteiger partial charge on any atom is 0.137 e. The Labute approximate surface area is 119 Å². The van der Waals surface area contributed by atoms with Crippen LogP contribution in [0.4, 0.5) is 0 Å². The largest absolute Gasteiger partial charge is 0.552 e. The Kier molecular flexibility index (Phi) is 2.92. The molecule has 4 fully saturated rings. The molecule has 4 aliphatic heterocycles.